The Morgan fingerprint density at radius 1 is 1.03 bits per heavy atom. The van der Waals surface area contributed by atoms with Crippen molar-refractivity contribution in [2.45, 2.75) is 13.3 Å². The summed E-state index contributed by atoms with van der Waals surface area (Å²) >= 11 is 0. The Morgan fingerprint density at radius 2 is 1.69 bits per heavy atom. The molecule has 0 aliphatic heterocycles. The highest BCUT2D eigenvalue weighted by molar-refractivity contribution is 6.20. The number of rotatable bonds is 8. The summed E-state index contributed by atoms with van der Waals surface area (Å²) in [4.78, 5) is 27.0. The van der Waals surface area contributed by atoms with Gasteiger partial charge in [-0.15, -0.1) is 0 Å². The number of primary amides is 2. The van der Waals surface area contributed by atoms with E-state index in [4.69, 9.17) is 20.6 Å². The van der Waals surface area contributed by atoms with Crippen LogP contribution in [0, 0.1) is 6.92 Å². The van der Waals surface area contributed by atoms with Crippen molar-refractivity contribution in [3.05, 3.63) is 77.2 Å². The Labute approximate surface area is 168 Å². The molecule has 3 aromatic rings. The summed E-state index contributed by atoms with van der Waals surface area (Å²) in [5.41, 5.74) is 12.4. The molecule has 2 aromatic carbocycles. The van der Waals surface area contributed by atoms with Gasteiger partial charge in [0.05, 0.1) is 12.3 Å². The van der Waals surface area contributed by atoms with Crippen molar-refractivity contribution in [1.82, 2.24) is 4.98 Å². The summed E-state index contributed by atoms with van der Waals surface area (Å²) in [6, 6.07) is 16.6. The molecule has 7 nitrogen and oxygen atoms in total. The van der Waals surface area contributed by atoms with E-state index in [1.165, 1.54) is 6.08 Å². The van der Waals surface area contributed by atoms with Gasteiger partial charge in [0.2, 0.25) is 5.89 Å². The summed E-state index contributed by atoms with van der Waals surface area (Å²) in [5, 5.41) is 0. The lowest BCUT2D eigenvalue weighted by Crippen LogP contribution is -2.25. The largest absolute Gasteiger partial charge is 0.493 e. The van der Waals surface area contributed by atoms with E-state index in [0.29, 0.717) is 30.2 Å². The average molecular weight is 391 g/mol. The molecule has 0 saturated carbocycles. The van der Waals surface area contributed by atoms with Gasteiger partial charge in [0.15, 0.2) is 0 Å². The molecular weight excluding hydrogens is 370 g/mol. The van der Waals surface area contributed by atoms with Gasteiger partial charge in [-0.1, -0.05) is 30.3 Å². The molecule has 3 rings (SSSR count). The van der Waals surface area contributed by atoms with Crippen molar-refractivity contribution >= 4 is 17.9 Å². The normalized spacial score (nSPS) is 10.4. The van der Waals surface area contributed by atoms with E-state index in [1.54, 1.807) is 24.3 Å². The molecule has 29 heavy (non-hydrogen) atoms. The number of hydrogen-bond donors (Lipinski definition) is 2. The number of hydrogen-bond acceptors (Lipinski definition) is 5. The van der Waals surface area contributed by atoms with E-state index < -0.39 is 11.8 Å². The van der Waals surface area contributed by atoms with E-state index in [-0.39, 0.29) is 5.57 Å². The van der Waals surface area contributed by atoms with Crippen molar-refractivity contribution in [3.8, 4) is 17.2 Å². The maximum Gasteiger partial charge on any atom is 0.254 e. The van der Waals surface area contributed by atoms with E-state index >= 15 is 0 Å². The van der Waals surface area contributed by atoms with Gasteiger partial charge in [-0.25, -0.2) is 4.98 Å². The number of nitrogens with two attached hydrogens (primary N) is 2. The van der Waals surface area contributed by atoms with E-state index in [2.05, 4.69) is 4.98 Å². The number of carbonyl (C=O) groups excluding carboxylic acids is 2. The maximum absolute atomic E-state index is 11.2. The zero-order valence-electron chi connectivity index (χ0n) is 15.9. The predicted molar refractivity (Wildman–Crippen MR) is 109 cm³/mol. The molecule has 148 valence electrons. The Morgan fingerprint density at radius 3 is 2.31 bits per heavy atom. The van der Waals surface area contributed by atoms with Gasteiger partial charge in [-0.2, -0.15) is 0 Å². The molecular formula is C22H21N3O4. The summed E-state index contributed by atoms with van der Waals surface area (Å²) < 4.78 is 11.5. The number of carbonyl (C=O) groups is 2. The zero-order chi connectivity index (χ0) is 20.8. The fourth-order valence-electron chi connectivity index (χ4n) is 2.72. The standard InChI is InChI=1S/C22H21N3O4/c1-14-19(25-22(29-14)16-5-3-2-4-6-16)11-12-28-17-9-7-15(8-10-17)13-18(20(23)26)21(24)27/h2-10,13H,11-12H2,1H3,(H2,23,26)(H2,24,27). The molecule has 4 N–H and O–H groups in total. The zero-order valence-corrected chi connectivity index (χ0v) is 15.9. The second-order valence-electron chi connectivity index (χ2n) is 6.34. The average Bonchev–Trinajstić information content (AvgIpc) is 3.08. The third kappa shape index (κ3) is 5.10. The SMILES string of the molecule is Cc1oc(-c2ccccc2)nc1CCOc1ccc(C=C(C(N)=O)C(N)=O)cc1. The fraction of sp³-hybridized carbons (Fsp3) is 0.136. The summed E-state index contributed by atoms with van der Waals surface area (Å²) in [6.07, 6.45) is 1.94. The molecule has 7 heteroatoms. The van der Waals surface area contributed by atoms with E-state index in [1.807, 2.05) is 37.3 Å². The first kappa shape index (κ1) is 19.9. The molecule has 0 bridgehead atoms. The Balaban J connectivity index is 1.60. The molecule has 0 aliphatic carbocycles. The van der Waals surface area contributed by atoms with Crippen LogP contribution in [0.15, 0.2) is 64.6 Å². The predicted octanol–water partition coefficient (Wildman–Crippen LogP) is 2.63. The number of aryl methyl sites for hydroxylation is 1. The van der Waals surface area contributed by atoms with Crippen LogP contribution in [0.2, 0.25) is 0 Å². The molecule has 0 unspecified atom stereocenters. The highest BCUT2D eigenvalue weighted by Crippen LogP contribution is 2.22. The number of nitrogens with zero attached hydrogens (tertiary/aromatic N) is 1. The summed E-state index contributed by atoms with van der Waals surface area (Å²) in [6.45, 7) is 2.30. The van der Waals surface area contributed by atoms with E-state index in [9.17, 15) is 9.59 Å². The molecule has 0 atom stereocenters. The Kier molecular flexibility index (Phi) is 6.09. The lowest BCUT2D eigenvalue weighted by atomic mass is 10.1. The van der Waals surface area contributed by atoms with Crippen molar-refractivity contribution < 1.29 is 18.7 Å². The fourth-order valence-corrected chi connectivity index (χ4v) is 2.72. The minimum Gasteiger partial charge on any atom is -0.493 e. The van der Waals surface area contributed by atoms with Crippen molar-refractivity contribution in [2.75, 3.05) is 6.61 Å². The van der Waals surface area contributed by atoms with Crippen LogP contribution >= 0.6 is 0 Å². The minimum absolute atomic E-state index is 0.255. The van der Waals surface area contributed by atoms with Crippen LogP contribution in [0.3, 0.4) is 0 Å². The first-order valence-corrected chi connectivity index (χ1v) is 9.00. The minimum atomic E-state index is -0.865. The van der Waals surface area contributed by atoms with Crippen LogP contribution in [-0.4, -0.2) is 23.4 Å². The van der Waals surface area contributed by atoms with Crippen LogP contribution in [0.25, 0.3) is 17.5 Å². The van der Waals surface area contributed by atoms with E-state index in [0.717, 1.165) is 17.0 Å². The molecule has 0 spiro atoms. The van der Waals surface area contributed by atoms with Crippen LogP contribution in [-0.2, 0) is 16.0 Å². The highest BCUT2D eigenvalue weighted by atomic mass is 16.5. The first-order valence-electron chi connectivity index (χ1n) is 9.00. The van der Waals surface area contributed by atoms with Crippen molar-refractivity contribution in [3.63, 3.8) is 0 Å². The van der Waals surface area contributed by atoms with Crippen LogP contribution in [0.1, 0.15) is 17.0 Å². The quantitative estimate of drug-likeness (QED) is 0.347. The number of oxazole rings is 1. The Hall–Kier alpha value is -3.87. The van der Waals surface area contributed by atoms with Gasteiger partial charge >= 0.3 is 0 Å². The Bertz CT molecular complexity index is 1020. The molecule has 0 fully saturated rings. The maximum atomic E-state index is 11.2. The lowest BCUT2D eigenvalue weighted by molar-refractivity contribution is -0.120. The van der Waals surface area contributed by atoms with Gasteiger partial charge in [-0.05, 0) is 42.8 Å². The summed E-state index contributed by atoms with van der Waals surface area (Å²) in [5.74, 6) is 0.268. The summed E-state index contributed by atoms with van der Waals surface area (Å²) in [7, 11) is 0. The van der Waals surface area contributed by atoms with Crippen molar-refractivity contribution in [2.24, 2.45) is 11.5 Å². The van der Waals surface area contributed by atoms with Crippen LogP contribution in [0.4, 0.5) is 0 Å². The number of amides is 2. The molecule has 0 aliphatic rings. The second kappa shape index (κ2) is 8.88. The molecule has 0 saturated heterocycles. The topological polar surface area (TPSA) is 121 Å². The molecule has 1 aromatic heterocycles. The number of aromatic nitrogens is 1. The monoisotopic (exact) mass is 391 g/mol. The molecule has 1 heterocycles. The van der Waals surface area contributed by atoms with Gasteiger partial charge in [0, 0.05) is 12.0 Å². The third-order valence-electron chi connectivity index (χ3n) is 4.24. The van der Waals surface area contributed by atoms with Gasteiger partial charge < -0.3 is 20.6 Å². The second-order valence-corrected chi connectivity index (χ2v) is 6.34. The van der Waals surface area contributed by atoms with Crippen LogP contribution in [0.5, 0.6) is 5.75 Å². The number of ether oxygens (including phenoxy) is 1. The smallest absolute Gasteiger partial charge is 0.254 e. The van der Waals surface area contributed by atoms with Crippen LogP contribution < -0.4 is 16.2 Å². The van der Waals surface area contributed by atoms with Gasteiger partial charge in [0.1, 0.15) is 17.1 Å². The number of benzene rings is 2. The van der Waals surface area contributed by atoms with Crippen molar-refractivity contribution in [1.29, 1.82) is 0 Å². The highest BCUT2D eigenvalue weighted by Gasteiger charge is 2.12. The lowest BCUT2D eigenvalue weighted by Gasteiger charge is -2.06. The van der Waals surface area contributed by atoms with Gasteiger partial charge in [-0.3, -0.25) is 9.59 Å². The first-order chi connectivity index (χ1) is 13.9. The molecule has 0 radical (unpaired) electrons. The van der Waals surface area contributed by atoms with Gasteiger partial charge in [0.25, 0.3) is 11.8 Å². The third-order valence-corrected chi connectivity index (χ3v) is 4.24. The molecule has 2 amide bonds.